The topological polar surface area (TPSA) is 3.24 Å². The van der Waals surface area contributed by atoms with Gasteiger partial charge in [0.15, 0.2) is 0 Å². The summed E-state index contributed by atoms with van der Waals surface area (Å²) in [5.41, 5.74) is 0. The largest absolute Gasteiger partial charge is 0.303 e. The average Bonchev–Trinajstić information content (AvgIpc) is 2.58. The second-order valence-electron chi connectivity index (χ2n) is 4.67. The summed E-state index contributed by atoms with van der Waals surface area (Å²) in [5, 5.41) is 0. The molecule has 3 heteroatoms. The SMILES string of the molecule is C[C@@H]1CCCN(CC2CC2(F)F)C1. The first-order valence-electron chi connectivity index (χ1n) is 5.18. The van der Waals surface area contributed by atoms with E-state index in [1.165, 1.54) is 12.8 Å². The lowest BCUT2D eigenvalue weighted by atomic mass is 10.0. The molecule has 1 aliphatic heterocycles. The Morgan fingerprint density at radius 3 is 2.69 bits per heavy atom. The van der Waals surface area contributed by atoms with Gasteiger partial charge in [-0.25, -0.2) is 8.78 Å². The van der Waals surface area contributed by atoms with Gasteiger partial charge in [0, 0.05) is 25.4 Å². The summed E-state index contributed by atoms with van der Waals surface area (Å²) in [6.07, 6.45) is 2.56. The van der Waals surface area contributed by atoms with E-state index in [0.717, 1.165) is 13.1 Å². The quantitative estimate of drug-likeness (QED) is 0.644. The van der Waals surface area contributed by atoms with Crippen molar-refractivity contribution in [2.45, 2.75) is 32.1 Å². The summed E-state index contributed by atoms with van der Waals surface area (Å²) in [5.74, 6) is -1.97. The Labute approximate surface area is 78.1 Å². The van der Waals surface area contributed by atoms with Crippen LogP contribution in [0.25, 0.3) is 0 Å². The van der Waals surface area contributed by atoms with E-state index in [0.29, 0.717) is 12.5 Å². The van der Waals surface area contributed by atoms with Crippen LogP contribution in [0.5, 0.6) is 0 Å². The molecule has 1 heterocycles. The van der Waals surface area contributed by atoms with Crippen molar-refractivity contribution in [3.63, 3.8) is 0 Å². The standard InChI is InChI=1S/C10H17F2N/c1-8-3-2-4-13(6-8)7-9-5-10(9,11)12/h8-9H,2-7H2,1H3/t8-,9?/m1/s1. The number of rotatable bonds is 2. The van der Waals surface area contributed by atoms with Crippen LogP contribution in [0.3, 0.4) is 0 Å². The molecule has 0 spiro atoms. The number of nitrogens with zero attached hydrogens (tertiary/aromatic N) is 1. The van der Waals surface area contributed by atoms with Crippen molar-refractivity contribution >= 4 is 0 Å². The molecule has 0 aromatic carbocycles. The molecule has 2 rings (SSSR count). The number of hydrogen-bond donors (Lipinski definition) is 0. The Morgan fingerprint density at radius 1 is 1.46 bits per heavy atom. The minimum atomic E-state index is -2.33. The highest BCUT2D eigenvalue weighted by Crippen LogP contribution is 2.49. The normalized spacial score (nSPS) is 39.0. The van der Waals surface area contributed by atoms with Crippen LogP contribution in [-0.2, 0) is 0 Å². The molecule has 1 unspecified atom stereocenters. The van der Waals surface area contributed by atoms with Crippen LogP contribution in [-0.4, -0.2) is 30.5 Å². The van der Waals surface area contributed by atoms with Crippen molar-refractivity contribution in [3.05, 3.63) is 0 Å². The average molecular weight is 189 g/mol. The first-order valence-corrected chi connectivity index (χ1v) is 5.18. The van der Waals surface area contributed by atoms with Crippen LogP contribution in [0.2, 0.25) is 0 Å². The molecule has 0 aromatic rings. The van der Waals surface area contributed by atoms with E-state index in [9.17, 15) is 8.78 Å². The van der Waals surface area contributed by atoms with Gasteiger partial charge in [0.05, 0.1) is 0 Å². The Hall–Kier alpha value is -0.180. The van der Waals surface area contributed by atoms with Crippen molar-refractivity contribution in [2.24, 2.45) is 11.8 Å². The lowest BCUT2D eigenvalue weighted by Crippen LogP contribution is -2.36. The molecule has 0 amide bonds. The van der Waals surface area contributed by atoms with Crippen molar-refractivity contribution in [1.29, 1.82) is 0 Å². The maximum atomic E-state index is 12.6. The second-order valence-corrected chi connectivity index (χ2v) is 4.67. The summed E-state index contributed by atoms with van der Waals surface area (Å²) in [6.45, 7) is 4.87. The summed E-state index contributed by atoms with van der Waals surface area (Å²) < 4.78 is 25.2. The fourth-order valence-corrected chi connectivity index (χ4v) is 2.23. The molecule has 0 aromatic heterocycles. The lowest BCUT2D eigenvalue weighted by Gasteiger charge is -2.30. The van der Waals surface area contributed by atoms with Crippen LogP contribution in [0.15, 0.2) is 0 Å². The number of piperidine rings is 1. The van der Waals surface area contributed by atoms with Gasteiger partial charge >= 0.3 is 0 Å². The molecular weight excluding hydrogens is 172 g/mol. The molecule has 1 saturated heterocycles. The minimum absolute atomic E-state index is 0.123. The third-order valence-corrected chi connectivity index (χ3v) is 3.18. The maximum absolute atomic E-state index is 12.6. The molecule has 76 valence electrons. The van der Waals surface area contributed by atoms with Gasteiger partial charge < -0.3 is 4.90 Å². The molecule has 2 fully saturated rings. The van der Waals surface area contributed by atoms with Crippen molar-refractivity contribution in [2.75, 3.05) is 19.6 Å². The molecule has 2 aliphatic rings. The molecule has 0 radical (unpaired) electrons. The molecule has 1 aliphatic carbocycles. The number of likely N-dealkylation sites (tertiary alicyclic amines) is 1. The summed E-state index contributed by atoms with van der Waals surface area (Å²) >= 11 is 0. The molecule has 13 heavy (non-hydrogen) atoms. The Morgan fingerprint density at radius 2 is 2.15 bits per heavy atom. The van der Waals surface area contributed by atoms with Gasteiger partial charge in [-0.15, -0.1) is 0 Å². The van der Waals surface area contributed by atoms with Gasteiger partial charge in [0.1, 0.15) is 0 Å². The van der Waals surface area contributed by atoms with E-state index in [4.69, 9.17) is 0 Å². The first-order chi connectivity index (χ1) is 6.08. The van der Waals surface area contributed by atoms with Crippen LogP contribution in [0, 0.1) is 11.8 Å². The zero-order valence-electron chi connectivity index (χ0n) is 8.10. The molecular formula is C10H17F2N. The lowest BCUT2D eigenvalue weighted by molar-refractivity contribution is 0.0799. The Kier molecular flexibility index (Phi) is 2.30. The van der Waals surface area contributed by atoms with Crippen molar-refractivity contribution < 1.29 is 8.78 Å². The van der Waals surface area contributed by atoms with Crippen LogP contribution < -0.4 is 0 Å². The van der Waals surface area contributed by atoms with Gasteiger partial charge in [0.25, 0.3) is 5.92 Å². The highest BCUT2D eigenvalue weighted by atomic mass is 19.3. The van der Waals surface area contributed by atoms with E-state index in [2.05, 4.69) is 11.8 Å². The third-order valence-electron chi connectivity index (χ3n) is 3.18. The predicted octanol–water partition coefficient (Wildman–Crippen LogP) is 2.37. The van der Waals surface area contributed by atoms with Crippen molar-refractivity contribution in [1.82, 2.24) is 4.90 Å². The highest BCUT2D eigenvalue weighted by Gasteiger charge is 2.56. The van der Waals surface area contributed by atoms with Crippen LogP contribution >= 0.6 is 0 Å². The Balaban J connectivity index is 1.76. The Bertz CT molecular complexity index is 193. The smallest absolute Gasteiger partial charge is 0.252 e. The van der Waals surface area contributed by atoms with Gasteiger partial charge in [-0.05, 0) is 25.3 Å². The predicted molar refractivity (Wildman–Crippen MR) is 47.9 cm³/mol. The zero-order valence-corrected chi connectivity index (χ0v) is 8.10. The monoisotopic (exact) mass is 189 g/mol. The van der Waals surface area contributed by atoms with Gasteiger partial charge in [-0.1, -0.05) is 6.92 Å². The molecule has 0 N–H and O–H groups in total. The van der Waals surface area contributed by atoms with Gasteiger partial charge in [0.2, 0.25) is 0 Å². The van der Waals surface area contributed by atoms with Crippen LogP contribution in [0.1, 0.15) is 26.2 Å². The van der Waals surface area contributed by atoms with E-state index < -0.39 is 5.92 Å². The fraction of sp³-hybridized carbons (Fsp3) is 1.00. The summed E-state index contributed by atoms with van der Waals surface area (Å²) in [7, 11) is 0. The molecule has 1 nitrogen and oxygen atoms in total. The zero-order chi connectivity index (χ0) is 9.47. The maximum Gasteiger partial charge on any atom is 0.252 e. The third kappa shape index (κ3) is 2.19. The van der Waals surface area contributed by atoms with E-state index >= 15 is 0 Å². The fourth-order valence-electron chi connectivity index (χ4n) is 2.23. The van der Waals surface area contributed by atoms with Gasteiger partial charge in [-0.3, -0.25) is 0 Å². The van der Waals surface area contributed by atoms with Crippen LogP contribution in [0.4, 0.5) is 8.78 Å². The summed E-state index contributed by atoms with van der Waals surface area (Å²) in [4.78, 5) is 2.21. The highest BCUT2D eigenvalue weighted by molar-refractivity contribution is 4.97. The van der Waals surface area contributed by atoms with E-state index in [-0.39, 0.29) is 12.3 Å². The summed E-state index contributed by atoms with van der Waals surface area (Å²) in [6, 6.07) is 0. The minimum Gasteiger partial charge on any atom is -0.303 e. The number of hydrogen-bond acceptors (Lipinski definition) is 1. The van der Waals surface area contributed by atoms with E-state index in [1.54, 1.807) is 0 Å². The molecule has 1 saturated carbocycles. The second kappa shape index (κ2) is 3.19. The molecule has 0 bridgehead atoms. The van der Waals surface area contributed by atoms with Gasteiger partial charge in [-0.2, -0.15) is 0 Å². The first kappa shape index (κ1) is 9.38. The number of alkyl halides is 2. The van der Waals surface area contributed by atoms with Crippen molar-refractivity contribution in [3.8, 4) is 0 Å². The molecule has 2 atom stereocenters. The van der Waals surface area contributed by atoms with E-state index in [1.807, 2.05) is 0 Å². The number of halogens is 2.